The molecule has 158 valence electrons. The van der Waals surface area contributed by atoms with Gasteiger partial charge in [-0.25, -0.2) is 9.37 Å². The van der Waals surface area contributed by atoms with E-state index in [0.29, 0.717) is 17.3 Å². The number of hydrogen-bond acceptors (Lipinski definition) is 4. The van der Waals surface area contributed by atoms with Crippen LogP contribution >= 0.6 is 0 Å². The minimum absolute atomic E-state index is 0.102. The average Bonchev–Trinajstić information content (AvgIpc) is 3.10. The topological polar surface area (TPSA) is 80.0 Å². The highest BCUT2D eigenvalue weighted by molar-refractivity contribution is 6.04. The molecule has 0 unspecified atom stereocenters. The zero-order valence-electron chi connectivity index (χ0n) is 17.5. The molecule has 2 N–H and O–H groups in total. The van der Waals surface area contributed by atoms with Crippen molar-refractivity contribution in [2.24, 2.45) is 5.92 Å². The quantitative estimate of drug-likeness (QED) is 0.647. The fourth-order valence-electron chi connectivity index (χ4n) is 4.09. The van der Waals surface area contributed by atoms with Crippen LogP contribution < -0.4 is 5.32 Å². The molecule has 0 saturated heterocycles. The number of pyridine rings is 1. The van der Waals surface area contributed by atoms with Crippen molar-refractivity contribution in [3.05, 3.63) is 53.7 Å². The lowest BCUT2D eigenvalue weighted by molar-refractivity contribution is 0.0793. The lowest BCUT2D eigenvalue weighted by Crippen LogP contribution is -2.21. The highest BCUT2D eigenvalue weighted by Gasteiger charge is 2.25. The molecule has 7 heteroatoms. The van der Waals surface area contributed by atoms with E-state index in [1.165, 1.54) is 25.0 Å². The molecular weight excluding hydrogens is 383 g/mol. The molecule has 1 aromatic carbocycles. The van der Waals surface area contributed by atoms with Gasteiger partial charge in [0.25, 0.3) is 5.91 Å². The van der Waals surface area contributed by atoms with E-state index in [1.54, 1.807) is 13.8 Å². The van der Waals surface area contributed by atoms with E-state index in [-0.39, 0.29) is 5.69 Å². The molecule has 30 heavy (non-hydrogen) atoms. The Morgan fingerprint density at radius 1 is 1.23 bits per heavy atom. The number of carbonyl (C=O) groups is 1. The van der Waals surface area contributed by atoms with Crippen LogP contribution in [0.2, 0.25) is 0 Å². The Kier molecular flexibility index (Phi) is 5.32. The summed E-state index contributed by atoms with van der Waals surface area (Å²) >= 11 is 0. The van der Waals surface area contributed by atoms with Crippen molar-refractivity contribution in [2.45, 2.75) is 58.1 Å². The van der Waals surface area contributed by atoms with Crippen molar-refractivity contribution in [2.75, 3.05) is 5.32 Å². The van der Waals surface area contributed by atoms with Crippen LogP contribution in [0.3, 0.4) is 0 Å². The second kappa shape index (κ2) is 7.80. The summed E-state index contributed by atoms with van der Waals surface area (Å²) in [7, 11) is 0. The first-order chi connectivity index (χ1) is 14.2. The SMILES string of the molecule is CC1CCC(n2cc3cc(NC(=O)c4ccc(F)cn4)c(C(C)(C)O)cc3n2)CC1. The van der Waals surface area contributed by atoms with E-state index in [1.807, 2.05) is 23.0 Å². The second-order valence-corrected chi connectivity index (χ2v) is 8.85. The summed E-state index contributed by atoms with van der Waals surface area (Å²) in [5.41, 5.74) is 0.752. The highest BCUT2D eigenvalue weighted by Crippen LogP contribution is 2.35. The molecule has 1 aliphatic rings. The van der Waals surface area contributed by atoms with Crippen molar-refractivity contribution in [1.82, 2.24) is 14.8 Å². The molecule has 1 aliphatic carbocycles. The monoisotopic (exact) mass is 410 g/mol. The third-order valence-electron chi connectivity index (χ3n) is 5.89. The summed E-state index contributed by atoms with van der Waals surface area (Å²) in [6.07, 6.45) is 7.62. The van der Waals surface area contributed by atoms with Gasteiger partial charge in [0.15, 0.2) is 0 Å². The summed E-state index contributed by atoms with van der Waals surface area (Å²) in [5, 5.41) is 19.2. The maximum absolute atomic E-state index is 13.1. The predicted octanol–water partition coefficient (Wildman–Crippen LogP) is 4.80. The number of halogens is 1. The molecule has 1 fully saturated rings. The van der Waals surface area contributed by atoms with Crippen molar-refractivity contribution in [1.29, 1.82) is 0 Å². The molecule has 6 nitrogen and oxygen atoms in total. The smallest absolute Gasteiger partial charge is 0.274 e. The zero-order valence-corrected chi connectivity index (χ0v) is 17.5. The maximum Gasteiger partial charge on any atom is 0.274 e. The van der Waals surface area contributed by atoms with E-state index < -0.39 is 17.3 Å². The van der Waals surface area contributed by atoms with Crippen LogP contribution in [0.1, 0.15) is 68.5 Å². The molecule has 2 aromatic heterocycles. The van der Waals surface area contributed by atoms with E-state index in [9.17, 15) is 14.3 Å². The minimum atomic E-state index is -1.18. The highest BCUT2D eigenvalue weighted by atomic mass is 19.1. The standard InChI is InChI=1S/C23H27FN4O2/c1-14-4-7-17(8-5-14)28-13-15-10-21(18(23(2,3)30)11-20(15)27-28)26-22(29)19-9-6-16(24)12-25-19/h6,9-14,17,30H,4-5,7-8H2,1-3H3,(H,26,29). The fourth-order valence-corrected chi connectivity index (χ4v) is 4.09. The molecule has 4 rings (SSSR count). The Labute approximate surface area is 175 Å². The largest absolute Gasteiger partial charge is 0.386 e. The van der Waals surface area contributed by atoms with Gasteiger partial charge in [-0.2, -0.15) is 5.10 Å². The summed E-state index contributed by atoms with van der Waals surface area (Å²) in [6, 6.07) is 6.55. The van der Waals surface area contributed by atoms with Gasteiger partial charge in [0.05, 0.1) is 23.4 Å². The van der Waals surface area contributed by atoms with Crippen LogP contribution in [0.25, 0.3) is 10.9 Å². The second-order valence-electron chi connectivity index (χ2n) is 8.85. The number of aromatic nitrogens is 3. The summed E-state index contributed by atoms with van der Waals surface area (Å²) in [5.74, 6) is -0.210. The van der Waals surface area contributed by atoms with Gasteiger partial charge < -0.3 is 10.4 Å². The van der Waals surface area contributed by atoms with Crippen LogP contribution in [-0.2, 0) is 5.60 Å². The number of benzene rings is 1. The van der Waals surface area contributed by atoms with Gasteiger partial charge >= 0.3 is 0 Å². The molecule has 0 aliphatic heterocycles. The number of aliphatic hydroxyl groups is 1. The maximum atomic E-state index is 13.1. The summed E-state index contributed by atoms with van der Waals surface area (Å²) < 4.78 is 15.1. The van der Waals surface area contributed by atoms with E-state index in [4.69, 9.17) is 5.10 Å². The molecular formula is C23H27FN4O2. The number of fused-ring (bicyclic) bond motifs is 1. The Morgan fingerprint density at radius 3 is 2.60 bits per heavy atom. The van der Waals surface area contributed by atoms with Crippen LogP contribution in [0, 0.1) is 11.7 Å². The third kappa shape index (κ3) is 4.21. The number of hydrogen-bond donors (Lipinski definition) is 2. The predicted molar refractivity (Wildman–Crippen MR) is 114 cm³/mol. The van der Waals surface area contributed by atoms with Crippen molar-refractivity contribution in [3.8, 4) is 0 Å². The molecule has 3 aromatic rings. The molecule has 1 amide bonds. The zero-order chi connectivity index (χ0) is 21.5. The van der Waals surface area contributed by atoms with E-state index in [0.717, 1.165) is 35.9 Å². The molecule has 0 atom stereocenters. The lowest BCUT2D eigenvalue weighted by atomic mass is 9.87. The van der Waals surface area contributed by atoms with E-state index in [2.05, 4.69) is 17.2 Å². The minimum Gasteiger partial charge on any atom is -0.386 e. The molecule has 0 spiro atoms. The van der Waals surface area contributed by atoms with Crippen LogP contribution in [0.15, 0.2) is 36.7 Å². The Hall–Kier alpha value is -2.80. The van der Waals surface area contributed by atoms with Gasteiger partial charge in [-0.05, 0) is 69.7 Å². The van der Waals surface area contributed by atoms with Crippen LogP contribution in [-0.4, -0.2) is 25.8 Å². The Balaban J connectivity index is 1.68. The van der Waals surface area contributed by atoms with Gasteiger partial charge in [0.2, 0.25) is 0 Å². The number of nitrogens with one attached hydrogen (secondary N) is 1. The number of amides is 1. The van der Waals surface area contributed by atoms with Crippen LogP contribution in [0.4, 0.5) is 10.1 Å². The third-order valence-corrected chi connectivity index (χ3v) is 5.89. The lowest BCUT2D eigenvalue weighted by Gasteiger charge is -2.26. The Morgan fingerprint density at radius 2 is 1.97 bits per heavy atom. The molecule has 1 saturated carbocycles. The first-order valence-corrected chi connectivity index (χ1v) is 10.4. The number of nitrogens with zero attached hydrogens (tertiary/aromatic N) is 3. The average molecular weight is 410 g/mol. The van der Waals surface area contributed by atoms with Crippen molar-refractivity contribution >= 4 is 22.5 Å². The number of rotatable bonds is 4. The summed E-state index contributed by atoms with van der Waals surface area (Å²) in [4.78, 5) is 16.5. The first-order valence-electron chi connectivity index (χ1n) is 10.4. The van der Waals surface area contributed by atoms with Gasteiger partial charge in [-0.1, -0.05) is 6.92 Å². The Bertz CT molecular complexity index is 1060. The number of carbonyl (C=O) groups excluding carboxylic acids is 1. The molecule has 0 bridgehead atoms. The molecule has 2 heterocycles. The number of anilines is 1. The first kappa shape index (κ1) is 20.5. The summed E-state index contributed by atoms with van der Waals surface area (Å²) in [6.45, 7) is 5.62. The van der Waals surface area contributed by atoms with Gasteiger partial charge in [-0.3, -0.25) is 9.48 Å². The van der Waals surface area contributed by atoms with Crippen molar-refractivity contribution < 1.29 is 14.3 Å². The van der Waals surface area contributed by atoms with Gasteiger partial charge in [0.1, 0.15) is 11.5 Å². The molecule has 0 radical (unpaired) electrons. The van der Waals surface area contributed by atoms with Gasteiger partial charge in [0, 0.05) is 22.8 Å². The van der Waals surface area contributed by atoms with Gasteiger partial charge in [-0.15, -0.1) is 0 Å². The fraction of sp³-hybridized carbons (Fsp3) is 0.435. The van der Waals surface area contributed by atoms with Crippen molar-refractivity contribution in [3.63, 3.8) is 0 Å². The van der Waals surface area contributed by atoms with Crippen LogP contribution in [0.5, 0.6) is 0 Å². The normalized spacial score (nSPS) is 19.8. The van der Waals surface area contributed by atoms with E-state index >= 15 is 0 Å².